The largest absolute Gasteiger partial charge is 0.461 e. The van der Waals surface area contributed by atoms with Crippen LogP contribution in [0.1, 0.15) is 38.8 Å². The van der Waals surface area contributed by atoms with Gasteiger partial charge >= 0.3 is 5.97 Å². The van der Waals surface area contributed by atoms with Crippen LogP contribution in [0.2, 0.25) is 0 Å². The number of nitrogens with zero attached hydrogens (tertiary/aromatic N) is 6. The predicted molar refractivity (Wildman–Crippen MR) is 176 cm³/mol. The number of aryl methyl sites for hydroxylation is 1. The van der Waals surface area contributed by atoms with Crippen LogP contribution in [0.15, 0.2) is 70.8 Å². The second-order valence-corrected chi connectivity index (χ2v) is 12.6. The number of pyridine rings is 3. The standard InChI is InChI=1S/C34H34FN7O5/c1-19(43)47-18-26-25(8-9-36-31(26)42-33(46)30-20(13-38-42)10-22(12-27(30)35)34(2,3)4)21-11-28(32(45)40(5)15-21)39-29-7-6-23(14-37-29)41-16-24(44)17-41/h6-15,24,44H,16-18H2,1-5H3,(H,37,39). The summed E-state index contributed by atoms with van der Waals surface area (Å²) >= 11 is 0. The van der Waals surface area contributed by atoms with Crippen molar-refractivity contribution in [1.29, 1.82) is 0 Å². The molecule has 4 aromatic heterocycles. The number of aromatic nitrogens is 5. The van der Waals surface area contributed by atoms with E-state index in [0.29, 0.717) is 41.0 Å². The van der Waals surface area contributed by atoms with Crippen molar-refractivity contribution in [3.05, 3.63) is 98.8 Å². The number of benzene rings is 1. The first-order valence-electron chi connectivity index (χ1n) is 15.0. The Kier molecular flexibility index (Phi) is 8.10. The molecule has 1 aliphatic heterocycles. The van der Waals surface area contributed by atoms with Crippen LogP contribution in [0.3, 0.4) is 0 Å². The van der Waals surface area contributed by atoms with E-state index < -0.39 is 17.3 Å². The van der Waals surface area contributed by atoms with Gasteiger partial charge in [0.15, 0.2) is 5.82 Å². The minimum Gasteiger partial charge on any atom is -0.461 e. The second-order valence-electron chi connectivity index (χ2n) is 12.6. The summed E-state index contributed by atoms with van der Waals surface area (Å²) < 4.78 is 23.2. The molecule has 5 heterocycles. The Labute approximate surface area is 269 Å². The van der Waals surface area contributed by atoms with Gasteiger partial charge < -0.3 is 24.6 Å². The first-order valence-corrected chi connectivity index (χ1v) is 15.0. The number of carbonyl (C=O) groups is 1. The molecule has 0 unspecified atom stereocenters. The van der Waals surface area contributed by atoms with E-state index in [9.17, 15) is 19.5 Å². The van der Waals surface area contributed by atoms with Crippen molar-refractivity contribution in [1.82, 2.24) is 24.3 Å². The fourth-order valence-electron chi connectivity index (χ4n) is 5.47. The number of esters is 1. The topological polar surface area (TPSA) is 144 Å². The van der Waals surface area contributed by atoms with Gasteiger partial charge in [-0.3, -0.25) is 14.4 Å². The van der Waals surface area contributed by atoms with E-state index in [1.54, 1.807) is 43.7 Å². The molecule has 0 spiro atoms. The Balaban J connectivity index is 1.44. The molecule has 6 rings (SSSR count). The van der Waals surface area contributed by atoms with E-state index in [4.69, 9.17) is 4.74 Å². The molecule has 12 nitrogen and oxygen atoms in total. The summed E-state index contributed by atoms with van der Waals surface area (Å²) in [6, 6.07) is 9.99. The number of aliphatic hydroxyl groups is 1. The molecule has 0 saturated carbocycles. The maximum Gasteiger partial charge on any atom is 0.302 e. The normalized spacial score (nSPS) is 13.5. The van der Waals surface area contributed by atoms with Crippen LogP contribution in [-0.4, -0.2) is 54.6 Å². The second kappa shape index (κ2) is 12.1. The Morgan fingerprint density at radius 2 is 1.85 bits per heavy atom. The van der Waals surface area contributed by atoms with Gasteiger partial charge in [-0.15, -0.1) is 0 Å². The number of hydrogen-bond acceptors (Lipinski definition) is 10. The van der Waals surface area contributed by atoms with Crippen molar-refractivity contribution in [2.75, 3.05) is 23.3 Å². The van der Waals surface area contributed by atoms with Gasteiger partial charge in [0.1, 0.15) is 23.9 Å². The fourth-order valence-corrected chi connectivity index (χ4v) is 5.47. The molecule has 0 radical (unpaired) electrons. The Morgan fingerprint density at radius 3 is 2.51 bits per heavy atom. The molecule has 0 bridgehead atoms. The lowest BCUT2D eigenvalue weighted by Crippen LogP contribution is -2.50. The number of β-amino-alcohol motifs (C(OH)–C–C–N with tert-alkyl or cyclic N) is 1. The fraction of sp³-hybridized carbons (Fsp3) is 0.294. The molecule has 1 saturated heterocycles. The van der Waals surface area contributed by atoms with Crippen LogP contribution in [0, 0.1) is 5.82 Å². The molecular formula is C34H34FN7O5. The molecule has 1 aliphatic rings. The summed E-state index contributed by atoms with van der Waals surface area (Å²) in [5, 5.41) is 17.2. The predicted octanol–water partition coefficient (Wildman–Crippen LogP) is 3.97. The van der Waals surface area contributed by atoms with E-state index >= 15 is 4.39 Å². The van der Waals surface area contributed by atoms with E-state index in [2.05, 4.69) is 20.4 Å². The van der Waals surface area contributed by atoms with Crippen LogP contribution in [0.25, 0.3) is 27.7 Å². The van der Waals surface area contributed by atoms with Gasteiger partial charge in [0.05, 0.1) is 29.6 Å². The molecule has 0 aliphatic carbocycles. The van der Waals surface area contributed by atoms with Gasteiger partial charge in [-0.05, 0) is 52.9 Å². The number of carbonyl (C=O) groups excluding carboxylic acids is 1. The molecule has 1 fully saturated rings. The quantitative estimate of drug-likeness (QED) is 0.251. The zero-order valence-electron chi connectivity index (χ0n) is 26.6. The highest BCUT2D eigenvalue weighted by atomic mass is 19.1. The number of ether oxygens (including phenoxy) is 1. The number of fused-ring (bicyclic) bond motifs is 1. The zero-order valence-corrected chi connectivity index (χ0v) is 26.6. The van der Waals surface area contributed by atoms with Crippen LogP contribution >= 0.6 is 0 Å². The van der Waals surface area contributed by atoms with Gasteiger partial charge in [0.25, 0.3) is 11.1 Å². The van der Waals surface area contributed by atoms with Crippen molar-refractivity contribution in [2.45, 2.75) is 45.8 Å². The number of aliphatic hydroxyl groups excluding tert-OH is 1. The van der Waals surface area contributed by atoms with E-state index in [0.717, 1.165) is 15.9 Å². The SMILES string of the molecule is CC(=O)OCc1c(-c2cc(Nc3ccc(N4CC(O)C4)cn3)c(=O)n(C)c2)ccnc1-n1ncc2cc(C(C)(C)C)cc(F)c2c1=O. The zero-order chi connectivity index (χ0) is 33.6. The van der Waals surface area contributed by atoms with Crippen molar-refractivity contribution in [2.24, 2.45) is 7.05 Å². The van der Waals surface area contributed by atoms with Gasteiger partial charge in [-0.1, -0.05) is 20.8 Å². The maximum absolute atomic E-state index is 15.4. The number of halogens is 1. The molecular weight excluding hydrogens is 605 g/mol. The Bertz CT molecular complexity index is 2130. The number of rotatable bonds is 7. The minimum absolute atomic E-state index is 0.0479. The molecule has 47 heavy (non-hydrogen) atoms. The average molecular weight is 640 g/mol. The van der Waals surface area contributed by atoms with Gasteiger partial charge in [-0.25, -0.2) is 14.4 Å². The van der Waals surface area contributed by atoms with Crippen LogP contribution in [-0.2, 0) is 28.6 Å². The summed E-state index contributed by atoms with van der Waals surface area (Å²) in [6.07, 6.45) is 5.80. The third-order valence-corrected chi connectivity index (χ3v) is 8.09. The van der Waals surface area contributed by atoms with E-state index in [1.807, 2.05) is 31.7 Å². The highest BCUT2D eigenvalue weighted by molar-refractivity contribution is 5.83. The van der Waals surface area contributed by atoms with Gasteiger partial charge in [0, 0.05) is 56.0 Å². The van der Waals surface area contributed by atoms with Crippen molar-refractivity contribution < 1.29 is 19.0 Å². The van der Waals surface area contributed by atoms with Crippen LogP contribution in [0.5, 0.6) is 0 Å². The van der Waals surface area contributed by atoms with Gasteiger partial charge in [0.2, 0.25) is 0 Å². The monoisotopic (exact) mass is 639 g/mol. The van der Waals surface area contributed by atoms with Crippen LogP contribution < -0.4 is 21.3 Å². The number of anilines is 3. The van der Waals surface area contributed by atoms with E-state index in [1.165, 1.54) is 30.0 Å². The van der Waals surface area contributed by atoms with Crippen LogP contribution in [0.4, 0.5) is 21.6 Å². The first-order chi connectivity index (χ1) is 22.3. The smallest absolute Gasteiger partial charge is 0.302 e. The van der Waals surface area contributed by atoms with Crippen molar-refractivity contribution >= 4 is 33.9 Å². The summed E-state index contributed by atoms with van der Waals surface area (Å²) in [4.78, 5) is 49.7. The number of nitrogens with one attached hydrogen (secondary N) is 1. The molecule has 13 heteroatoms. The molecule has 5 aromatic rings. The molecule has 0 amide bonds. The van der Waals surface area contributed by atoms with Gasteiger partial charge in [-0.2, -0.15) is 9.78 Å². The maximum atomic E-state index is 15.4. The summed E-state index contributed by atoms with van der Waals surface area (Å²) in [5.74, 6) is -0.755. The molecule has 242 valence electrons. The van der Waals surface area contributed by atoms with Crippen molar-refractivity contribution in [3.63, 3.8) is 0 Å². The third kappa shape index (κ3) is 6.21. The summed E-state index contributed by atoms with van der Waals surface area (Å²) in [7, 11) is 1.60. The first kappa shape index (κ1) is 31.5. The molecule has 0 atom stereocenters. The molecule has 1 aromatic carbocycles. The Hall–Kier alpha value is -5.43. The Morgan fingerprint density at radius 1 is 1.09 bits per heavy atom. The molecule has 2 N–H and O–H groups in total. The lowest BCUT2D eigenvalue weighted by atomic mass is 9.86. The average Bonchev–Trinajstić information content (AvgIpc) is 3.00. The number of hydrogen-bond donors (Lipinski definition) is 2. The highest BCUT2D eigenvalue weighted by Crippen LogP contribution is 2.31. The third-order valence-electron chi connectivity index (χ3n) is 8.09. The van der Waals surface area contributed by atoms with E-state index in [-0.39, 0.29) is 40.6 Å². The lowest BCUT2D eigenvalue weighted by molar-refractivity contribution is -0.142. The minimum atomic E-state index is -0.723. The summed E-state index contributed by atoms with van der Waals surface area (Å²) in [6.45, 7) is 7.91. The highest BCUT2D eigenvalue weighted by Gasteiger charge is 2.25. The summed E-state index contributed by atoms with van der Waals surface area (Å²) in [5.41, 5.74) is 1.78. The lowest BCUT2D eigenvalue weighted by Gasteiger charge is -2.37. The van der Waals surface area contributed by atoms with Crippen molar-refractivity contribution in [3.8, 4) is 16.9 Å².